The molecule has 0 bridgehead atoms. The Morgan fingerprint density at radius 1 is 1.21 bits per heavy atom. The molecule has 1 aliphatic rings. The van der Waals surface area contributed by atoms with Crippen molar-refractivity contribution >= 4 is 36.6 Å². The number of amides is 1. The SMILES string of the molecule is CC1OCc2c1c(N)nc1ccc(C(=O)N(Cc3ccc(C#CCO[Si](C)(C)C(C)(C)C)cc3)c3cnn(C)c3)cc21. The molecule has 4 aromatic rings. The van der Waals surface area contributed by atoms with E-state index >= 15 is 0 Å². The van der Waals surface area contributed by atoms with Gasteiger partial charge in [-0.05, 0) is 66.5 Å². The Bertz CT molecular complexity index is 1690. The fraction of sp³-hybridized carbons (Fsp3) is 0.364. The van der Waals surface area contributed by atoms with Crippen LogP contribution < -0.4 is 10.6 Å². The Balaban J connectivity index is 1.37. The minimum Gasteiger partial charge on any atom is -0.406 e. The summed E-state index contributed by atoms with van der Waals surface area (Å²) in [5.74, 6) is 6.72. The molecule has 9 heteroatoms. The number of nitrogen functional groups attached to an aromatic ring is 1. The number of carbonyl (C=O) groups excluding carboxylic acids is 1. The van der Waals surface area contributed by atoms with Gasteiger partial charge in [0.15, 0.2) is 8.32 Å². The van der Waals surface area contributed by atoms with Crippen LogP contribution in [0.3, 0.4) is 0 Å². The Morgan fingerprint density at radius 2 is 1.95 bits per heavy atom. The van der Waals surface area contributed by atoms with Gasteiger partial charge >= 0.3 is 0 Å². The first-order valence-corrected chi connectivity index (χ1v) is 17.1. The van der Waals surface area contributed by atoms with E-state index in [1.165, 1.54) is 0 Å². The van der Waals surface area contributed by atoms with Gasteiger partial charge < -0.3 is 19.8 Å². The molecule has 0 aliphatic carbocycles. The van der Waals surface area contributed by atoms with Crippen LogP contribution in [0.1, 0.15) is 66.4 Å². The highest BCUT2D eigenvalue weighted by atomic mass is 28.4. The lowest BCUT2D eigenvalue weighted by atomic mass is 10.00. The van der Waals surface area contributed by atoms with Crippen molar-refractivity contribution in [3.8, 4) is 11.8 Å². The number of aryl methyl sites for hydroxylation is 1. The van der Waals surface area contributed by atoms with Crippen molar-refractivity contribution in [1.82, 2.24) is 14.8 Å². The monoisotopic (exact) mass is 581 g/mol. The normalized spacial score (nSPS) is 14.9. The lowest BCUT2D eigenvalue weighted by Gasteiger charge is -2.35. The molecule has 2 N–H and O–H groups in total. The van der Waals surface area contributed by atoms with Gasteiger partial charge in [0.05, 0.1) is 43.3 Å². The van der Waals surface area contributed by atoms with Crippen LogP contribution in [0.2, 0.25) is 18.1 Å². The van der Waals surface area contributed by atoms with E-state index in [1.54, 1.807) is 21.8 Å². The lowest BCUT2D eigenvalue weighted by molar-refractivity contribution is 0.0801. The van der Waals surface area contributed by atoms with E-state index in [1.807, 2.05) is 56.6 Å². The molecule has 0 spiro atoms. The molecule has 2 aromatic carbocycles. The number of benzene rings is 2. The minimum absolute atomic E-state index is 0.125. The second kappa shape index (κ2) is 11.4. The van der Waals surface area contributed by atoms with E-state index in [4.69, 9.17) is 14.9 Å². The molecular weight excluding hydrogens is 542 g/mol. The van der Waals surface area contributed by atoms with E-state index in [0.717, 1.165) is 33.2 Å². The zero-order valence-corrected chi connectivity index (χ0v) is 26.5. The molecule has 218 valence electrons. The largest absolute Gasteiger partial charge is 0.406 e. The van der Waals surface area contributed by atoms with Gasteiger partial charge in [-0.15, -0.1) is 0 Å². The summed E-state index contributed by atoms with van der Waals surface area (Å²) in [4.78, 5) is 20.3. The molecule has 1 atom stereocenters. The number of anilines is 2. The second-order valence-electron chi connectivity index (χ2n) is 12.4. The van der Waals surface area contributed by atoms with Crippen LogP contribution in [0.15, 0.2) is 54.9 Å². The van der Waals surface area contributed by atoms with Crippen LogP contribution in [0.25, 0.3) is 10.9 Å². The van der Waals surface area contributed by atoms with Gasteiger partial charge in [-0.25, -0.2) is 4.98 Å². The van der Waals surface area contributed by atoms with Gasteiger partial charge in [0.2, 0.25) is 0 Å². The molecule has 0 fully saturated rings. The average Bonchev–Trinajstić information content (AvgIpc) is 3.55. The van der Waals surface area contributed by atoms with Crippen molar-refractivity contribution in [2.45, 2.75) is 65.1 Å². The molecule has 42 heavy (non-hydrogen) atoms. The van der Waals surface area contributed by atoms with Crippen molar-refractivity contribution < 1.29 is 14.0 Å². The number of nitrogens with two attached hydrogens (primary N) is 1. The second-order valence-corrected chi connectivity index (χ2v) is 17.2. The summed E-state index contributed by atoms with van der Waals surface area (Å²) >= 11 is 0. The summed E-state index contributed by atoms with van der Waals surface area (Å²) in [6.07, 6.45) is 3.42. The molecule has 0 saturated heterocycles. The Hall–Kier alpha value is -3.97. The standard InChI is InChI=1S/C33H39N5O3Si/c1-22-30-28(21-40-22)27-17-25(14-15-29(27)36-31(30)34)32(39)38(26-18-35-37(5)20-26)19-24-12-10-23(11-13-24)9-8-16-41-42(6,7)33(2,3)4/h10-15,17-18,20,22H,16,19,21H2,1-7H3,(H2,34,36). The first kappa shape index (κ1) is 29.5. The Morgan fingerprint density at radius 3 is 2.62 bits per heavy atom. The number of nitrogens with zero attached hydrogens (tertiary/aromatic N) is 4. The topological polar surface area (TPSA) is 95.5 Å². The summed E-state index contributed by atoms with van der Waals surface area (Å²) in [7, 11) is 0.0102. The van der Waals surface area contributed by atoms with Crippen LogP contribution in [0, 0.1) is 11.8 Å². The quantitative estimate of drug-likeness (QED) is 0.210. The molecular formula is C33H39N5O3Si. The molecule has 5 rings (SSSR count). The Kier molecular flexibility index (Phi) is 7.99. The summed E-state index contributed by atoms with van der Waals surface area (Å²) in [5.41, 5.74) is 12.0. The van der Waals surface area contributed by atoms with E-state index in [0.29, 0.717) is 36.8 Å². The molecule has 1 unspecified atom stereocenters. The first-order chi connectivity index (χ1) is 19.8. The van der Waals surface area contributed by atoms with E-state index in [2.05, 4.69) is 55.8 Å². The molecule has 2 aromatic heterocycles. The number of fused-ring (bicyclic) bond motifs is 3. The number of carbonyl (C=O) groups is 1. The third-order valence-corrected chi connectivity index (χ3v) is 12.9. The van der Waals surface area contributed by atoms with Gasteiger partial charge in [0.1, 0.15) is 5.82 Å². The maximum atomic E-state index is 14.0. The zero-order valence-electron chi connectivity index (χ0n) is 25.5. The number of aromatic nitrogens is 3. The maximum absolute atomic E-state index is 14.0. The highest BCUT2D eigenvalue weighted by Gasteiger charge is 2.36. The van der Waals surface area contributed by atoms with Gasteiger partial charge in [-0.3, -0.25) is 9.48 Å². The number of pyridine rings is 1. The van der Waals surface area contributed by atoms with E-state index < -0.39 is 8.32 Å². The molecule has 8 nitrogen and oxygen atoms in total. The van der Waals surface area contributed by atoms with Gasteiger partial charge in [0, 0.05) is 35.3 Å². The predicted octanol–water partition coefficient (Wildman–Crippen LogP) is 6.36. The fourth-order valence-electron chi connectivity index (χ4n) is 4.83. The lowest BCUT2D eigenvalue weighted by Crippen LogP contribution is -2.40. The number of rotatable bonds is 6. The first-order valence-electron chi connectivity index (χ1n) is 14.2. The zero-order chi connectivity index (χ0) is 30.2. The van der Waals surface area contributed by atoms with Crippen LogP contribution >= 0.6 is 0 Å². The van der Waals surface area contributed by atoms with Gasteiger partial charge in [-0.2, -0.15) is 5.10 Å². The summed E-state index contributed by atoms with van der Waals surface area (Å²) < 4.78 is 13.7. The van der Waals surface area contributed by atoms with Crippen molar-refractivity contribution in [3.05, 3.63) is 82.7 Å². The fourth-order valence-corrected chi connectivity index (χ4v) is 5.70. The predicted molar refractivity (Wildman–Crippen MR) is 170 cm³/mol. The van der Waals surface area contributed by atoms with Gasteiger partial charge in [-0.1, -0.05) is 44.7 Å². The van der Waals surface area contributed by atoms with Crippen LogP contribution in [0.4, 0.5) is 11.5 Å². The van der Waals surface area contributed by atoms with Crippen LogP contribution in [-0.4, -0.2) is 35.6 Å². The Labute approximate surface area is 249 Å². The molecule has 3 heterocycles. The molecule has 1 aliphatic heterocycles. The number of hydrogen-bond acceptors (Lipinski definition) is 6. The summed E-state index contributed by atoms with van der Waals surface area (Å²) in [6.45, 7) is 14.3. The van der Waals surface area contributed by atoms with Crippen molar-refractivity contribution in [3.63, 3.8) is 0 Å². The minimum atomic E-state index is -1.83. The average molecular weight is 582 g/mol. The highest BCUT2D eigenvalue weighted by Crippen LogP contribution is 2.38. The van der Waals surface area contributed by atoms with Gasteiger partial charge in [0.25, 0.3) is 5.91 Å². The highest BCUT2D eigenvalue weighted by molar-refractivity contribution is 6.74. The number of hydrogen-bond donors (Lipinski definition) is 1. The van der Waals surface area contributed by atoms with E-state index in [-0.39, 0.29) is 17.0 Å². The van der Waals surface area contributed by atoms with E-state index in [9.17, 15) is 4.79 Å². The maximum Gasteiger partial charge on any atom is 0.258 e. The van der Waals surface area contributed by atoms with Crippen molar-refractivity contribution in [2.24, 2.45) is 7.05 Å². The molecule has 0 saturated carbocycles. The summed E-state index contributed by atoms with van der Waals surface area (Å²) in [5, 5.41) is 5.35. The van der Waals surface area contributed by atoms with Crippen LogP contribution in [0.5, 0.6) is 0 Å². The smallest absolute Gasteiger partial charge is 0.258 e. The van der Waals surface area contributed by atoms with Crippen molar-refractivity contribution in [1.29, 1.82) is 0 Å². The third-order valence-electron chi connectivity index (χ3n) is 8.38. The molecule has 1 amide bonds. The molecule has 0 radical (unpaired) electrons. The van der Waals surface area contributed by atoms with Crippen LogP contribution in [-0.2, 0) is 29.4 Å². The third kappa shape index (κ3) is 5.97. The van der Waals surface area contributed by atoms with Crippen molar-refractivity contribution in [2.75, 3.05) is 17.2 Å². The summed E-state index contributed by atoms with van der Waals surface area (Å²) in [6, 6.07) is 13.5. The number of ether oxygens (including phenoxy) is 1.